The van der Waals surface area contributed by atoms with Crippen LogP contribution in [-0.2, 0) is 17.7 Å². The predicted molar refractivity (Wildman–Crippen MR) is 124 cm³/mol. The number of nitrogens with one attached hydrogen (secondary N) is 2. The summed E-state index contributed by atoms with van der Waals surface area (Å²) in [6.45, 7) is 1.93. The van der Waals surface area contributed by atoms with Gasteiger partial charge >= 0.3 is 12.4 Å². The van der Waals surface area contributed by atoms with Crippen molar-refractivity contribution < 1.29 is 36.2 Å². The molecule has 202 valence electrons. The van der Waals surface area contributed by atoms with E-state index in [-0.39, 0.29) is 23.9 Å². The summed E-state index contributed by atoms with van der Waals surface area (Å²) in [7, 11) is 0. The summed E-state index contributed by atoms with van der Waals surface area (Å²) in [6.07, 6.45) is 1.40. The topological polar surface area (TPSA) is 115 Å². The van der Waals surface area contributed by atoms with Crippen LogP contribution in [0.5, 0.6) is 5.75 Å². The lowest BCUT2D eigenvalue weighted by atomic mass is 10.0. The van der Waals surface area contributed by atoms with E-state index < -0.39 is 30.0 Å². The van der Waals surface area contributed by atoms with Crippen molar-refractivity contribution in [2.24, 2.45) is 0 Å². The number of hydrogen-bond donors (Lipinski definition) is 2. The Balaban J connectivity index is 1.30. The number of anilines is 1. The smallest absolute Gasteiger partial charge is 0.446 e. The van der Waals surface area contributed by atoms with Gasteiger partial charge in [0.15, 0.2) is 23.7 Å². The molecule has 2 N–H and O–H groups in total. The highest BCUT2D eigenvalue weighted by Crippen LogP contribution is 2.30. The van der Waals surface area contributed by atoms with Gasteiger partial charge in [-0.05, 0) is 42.5 Å². The van der Waals surface area contributed by atoms with Crippen LogP contribution in [0, 0.1) is 5.82 Å². The molecule has 1 atom stereocenters. The van der Waals surface area contributed by atoms with Crippen molar-refractivity contribution in [1.82, 2.24) is 25.2 Å². The number of alkyl halides is 3. The van der Waals surface area contributed by atoms with Crippen molar-refractivity contribution in [1.29, 1.82) is 0 Å². The summed E-state index contributed by atoms with van der Waals surface area (Å²) in [5.74, 6) is -1.58. The Bertz CT molecular complexity index is 1270. The number of carbonyl (C=O) groups is 1. The van der Waals surface area contributed by atoms with Gasteiger partial charge < -0.3 is 29.4 Å². The van der Waals surface area contributed by atoms with Crippen molar-refractivity contribution >= 4 is 12.0 Å². The lowest BCUT2D eigenvalue weighted by Crippen LogP contribution is -2.44. The summed E-state index contributed by atoms with van der Waals surface area (Å²) in [4.78, 5) is 27.6. The molecule has 0 unspecified atom stereocenters. The second kappa shape index (κ2) is 10.8. The summed E-state index contributed by atoms with van der Waals surface area (Å²) in [6, 6.07) is 1.60. The molecule has 0 aliphatic carbocycles. The molecule has 2 aliphatic heterocycles. The van der Waals surface area contributed by atoms with E-state index in [4.69, 9.17) is 9.15 Å². The molecule has 3 aromatic rings. The van der Waals surface area contributed by atoms with E-state index in [9.17, 15) is 22.4 Å². The third kappa shape index (κ3) is 6.13. The van der Waals surface area contributed by atoms with Crippen molar-refractivity contribution in [3.8, 4) is 5.75 Å². The van der Waals surface area contributed by atoms with E-state index in [0.29, 0.717) is 37.8 Å². The third-order valence-electron chi connectivity index (χ3n) is 6.31. The molecule has 14 heteroatoms. The van der Waals surface area contributed by atoms with E-state index in [0.717, 1.165) is 36.9 Å². The molecule has 0 spiro atoms. The number of oxazole rings is 1. The maximum absolute atomic E-state index is 14.4. The van der Waals surface area contributed by atoms with Crippen LogP contribution in [0.4, 0.5) is 28.3 Å². The molecule has 0 radical (unpaired) electrons. The van der Waals surface area contributed by atoms with Gasteiger partial charge in [0.25, 0.3) is 0 Å². The Labute approximate surface area is 214 Å². The lowest BCUT2D eigenvalue weighted by Gasteiger charge is -2.30. The fourth-order valence-electron chi connectivity index (χ4n) is 4.38. The fourth-order valence-corrected chi connectivity index (χ4v) is 4.38. The maximum atomic E-state index is 14.4. The first-order valence-corrected chi connectivity index (χ1v) is 11.9. The number of urea groups is 1. The van der Waals surface area contributed by atoms with Gasteiger partial charge in [0.1, 0.15) is 6.04 Å². The van der Waals surface area contributed by atoms with Crippen molar-refractivity contribution in [3.63, 3.8) is 0 Å². The van der Waals surface area contributed by atoms with Gasteiger partial charge in [-0.3, -0.25) is 0 Å². The van der Waals surface area contributed by atoms with E-state index in [1.807, 2.05) is 0 Å². The normalized spacial score (nSPS) is 17.0. The minimum Gasteiger partial charge on any atom is -0.446 e. The summed E-state index contributed by atoms with van der Waals surface area (Å²) >= 11 is 0. The summed E-state index contributed by atoms with van der Waals surface area (Å²) in [5, 5.41) is 6.08. The van der Waals surface area contributed by atoms with Gasteiger partial charge in [-0.2, -0.15) is 0 Å². The number of aromatic nitrogens is 3. The number of rotatable bonds is 6. The van der Waals surface area contributed by atoms with Gasteiger partial charge in [0.05, 0.1) is 18.4 Å². The van der Waals surface area contributed by atoms with Gasteiger partial charge in [0.2, 0.25) is 5.95 Å². The first kappa shape index (κ1) is 25.7. The predicted octanol–water partition coefficient (Wildman–Crippen LogP) is 3.95. The number of benzene rings is 1. The minimum atomic E-state index is -5.05. The maximum Gasteiger partial charge on any atom is 0.573 e. The van der Waals surface area contributed by atoms with Gasteiger partial charge in [-0.25, -0.2) is 24.1 Å². The molecule has 38 heavy (non-hydrogen) atoms. The molecule has 2 amide bonds. The van der Waals surface area contributed by atoms with Crippen molar-refractivity contribution in [2.45, 2.75) is 44.3 Å². The molecule has 1 aromatic carbocycles. The highest BCUT2D eigenvalue weighted by atomic mass is 19.4. The first-order valence-electron chi connectivity index (χ1n) is 11.9. The summed E-state index contributed by atoms with van der Waals surface area (Å²) in [5.41, 5.74) is 1.78. The Morgan fingerprint density at radius 2 is 2.03 bits per heavy atom. The minimum absolute atomic E-state index is 0.143. The molecule has 1 saturated heterocycles. The molecule has 0 saturated carbocycles. The SMILES string of the molecule is O=C(N[C@H](c1ccc(OC(F)(F)F)c(F)c1)c1cnco1)N1CCc2cnc(NC3CCOCC3)nc2C1. The Hall–Kier alpha value is -3.94. The molecule has 1 fully saturated rings. The Morgan fingerprint density at radius 1 is 1.21 bits per heavy atom. The number of amides is 2. The van der Waals surface area contributed by atoms with Crippen LogP contribution >= 0.6 is 0 Å². The molecule has 5 rings (SSSR count). The van der Waals surface area contributed by atoms with E-state index >= 15 is 0 Å². The van der Waals surface area contributed by atoms with Crippen LogP contribution < -0.4 is 15.4 Å². The number of hydrogen-bond acceptors (Lipinski definition) is 8. The fraction of sp³-hybridized carbons (Fsp3) is 0.417. The largest absolute Gasteiger partial charge is 0.573 e. The molecular weight excluding hydrogens is 512 g/mol. The van der Waals surface area contributed by atoms with E-state index in [1.165, 1.54) is 17.2 Å². The molecule has 0 bridgehead atoms. The van der Waals surface area contributed by atoms with E-state index in [2.05, 4.69) is 30.3 Å². The van der Waals surface area contributed by atoms with Crippen LogP contribution in [-0.4, -0.2) is 58.0 Å². The van der Waals surface area contributed by atoms with Crippen molar-refractivity contribution in [3.05, 3.63) is 65.4 Å². The van der Waals surface area contributed by atoms with Crippen LogP contribution in [0.15, 0.2) is 41.4 Å². The average Bonchev–Trinajstić information content (AvgIpc) is 3.42. The molecule has 2 aromatic heterocycles. The number of halogens is 4. The van der Waals surface area contributed by atoms with Crippen LogP contribution in [0.3, 0.4) is 0 Å². The summed E-state index contributed by atoms with van der Waals surface area (Å²) < 4.78 is 66.4. The van der Waals surface area contributed by atoms with Crippen LogP contribution in [0.2, 0.25) is 0 Å². The Kier molecular flexibility index (Phi) is 7.31. The second-order valence-electron chi connectivity index (χ2n) is 8.89. The van der Waals surface area contributed by atoms with Crippen molar-refractivity contribution in [2.75, 3.05) is 25.1 Å². The molecule has 4 heterocycles. The standard InChI is InChI=1S/C24H24F4N6O4/c25-17-9-14(1-2-19(17)38-24(26,27)28)21(20-11-29-13-37-20)33-23(35)34-6-3-15-10-30-22(32-18(15)12-34)31-16-4-7-36-8-5-16/h1-2,9-11,13,16,21H,3-8,12H2,(H,33,35)(H,30,31,32)/t21-/m1/s1. The number of fused-ring (bicyclic) bond motifs is 1. The second-order valence-corrected chi connectivity index (χ2v) is 8.89. The van der Waals surface area contributed by atoms with Gasteiger partial charge in [-0.15, -0.1) is 13.2 Å². The quantitative estimate of drug-likeness (QED) is 0.456. The Morgan fingerprint density at radius 3 is 2.74 bits per heavy atom. The molecule has 2 aliphatic rings. The monoisotopic (exact) mass is 536 g/mol. The number of nitrogens with zero attached hydrogens (tertiary/aromatic N) is 4. The third-order valence-corrected chi connectivity index (χ3v) is 6.31. The molecular formula is C24H24F4N6O4. The number of ether oxygens (including phenoxy) is 2. The lowest BCUT2D eigenvalue weighted by molar-refractivity contribution is -0.275. The van der Waals surface area contributed by atoms with Gasteiger partial charge in [0, 0.05) is 32.0 Å². The zero-order chi connectivity index (χ0) is 26.7. The first-order chi connectivity index (χ1) is 18.2. The zero-order valence-electron chi connectivity index (χ0n) is 20.0. The molecule has 10 nitrogen and oxygen atoms in total. The average molecular weight is 536 g/mol. The highest BCUT2D eigenvalue weighted by molar-refractivity contribution is 5.75. The van der Waals surface area contributed by atoms with Gasteiger partial charge in [-0.1, -0.05) is 6.07 Å². The van der Waals surface area contributed by atoms with Crippen LogP contribution in [0.25, 0.3) is 0 Å². The highest BCUT2D eigenvalue weighted by Gasteiger charge is 2.33. The number of carbonyl (C=O) groups excluding carboxylic acids is 1. The van der Waals surface area contributed by atoms with Crippen LogP contribution in [0.1, 0.15) is 41.5 Å². The van der Waals surface area contributed by atoms with E-state index in [1.54, 1.807) is 6.20 Å². The zero-order valence-corrected chi connectivity index (χ0v) is 20.0.